The molecule has 1 aliphatic carbocycles. The van der Waals surface area contributed by atoms with Crippen LogP contribution in [0.5, 0.6) is 0 Å². The minimum absolute atomic E-state index is 0.135. The van der Waals surface area contributed by atoms with Gasteiger partial charge in [-0.15, -0.1) is 0 Å². The van der Waals surface area contributed by atoms with E-state index in [1.54, 1.807) is 6.20 Å². The zero-order valence-corrected chi connectivity index (χ0v) is 19.5. The van der Waals surface area contributed by atoms with E-state index >= 15 is 0 Å². The number of nitrogens with one attached hydrogen (secondary N) is 1. The van der Waals surface area contributed by atoms with Crippen molar-refractivity contribution < 1.29 is 4.79 Å². The Morgan fingerprint density at radius 2 is 2.00 bits per heavy atom. The first-order chi connectivity index (χ1) is 16.2. The van der Waals surface area contributed by atoms with Crippen molar-refractivity contribution in [3.63, 3.8) is 0 Å². The summed E-state index contributed by atoms with van der Waals surface area (Å²) < 4.78 is 0. The van der Waals surface area contributed by atoms with E-state index in [9.17, 15) is 4.79 Å². The summed E-state index contributed by atoms with van der Waals surface area (Å²) in [6.45, 7) is 3.87. The molecule has 1 fully saturated rings. The van der Waals surface area contributed by atoms with Crippen LogP contribution >= 0.6 is 0 Å². The number of allylic oxidation sites excluding steroid dienone is 1. The molecule has 0 bridgehead atoms. The van der Waals surface area contributed by atoms with Gasteiger partial charge in [0.15, 0.2) is 0 Å². The Balaban J connectivity index is 1.30. The minimum atomic E-state index is 0.135. The number of benzene rings is 1. The van der Waals surface area contributed by atoms with E-state index in [-0.39, 0.29) is 17.9 Å². The lowest BCUT2D eigenvalue weighted by Crippen LogP contribution is -2.46. The molecular formula is C28H34N4O. The van der Waals surface area contributed by atoms with Crippen molar-refractivity contribution in [3.8, 4) is 0 Å². The van der Waals surface area contributed by atoms with Crippen LogP contribution in [-0.4, -0.2) is 39.9 Å². The van der Waals surface area contributed by atoms with Gasteiger partial charge in [-0.05, 0) is 62.2 Å². The third-order valence-corrected chi connectivity index (χ3v) is 7.40. The predicted molar refractivity (Wildman–Crippen MR) is 134 cm³/mol. The first-order valence-electron chi connectivity index (χ1n) is 12.4. The molecule has 2 aromatic heterocycles. The van der Waals surface area contributed by atoms with Crippen LogP contribution in [0.15, 0.2) is 67.1 Å². The maximum Gasteiger partial charge on any atom is 0.231 e. The van der Waals surface area contributed by atoms with Gasteiger partial charge in [0, 0.05) is 54.3 Å². The molecule has 1 aromatic carbocycles. The number of rotatable bonds is 6. The number of amides is 1. The second-order valence-corrected chi connectivity index (χ2v) is 9.58. The lowest BCUT2D eigenvalue weighted by molar-refractivity contribution is -0.123. The molecule has 0 saturated heterocycles. The summed E-state index contributed by atoms with van der Waals surface area (Å²) in [7, 11) is 0. The van der Waals surface area contributed by atoms with Crippen LogP contribution in [0, 0.1) is 5.92 Å². The standard InChI is InChI=1S/C28H34N4O/c1-21(20-32(27-12-5-6-16-30-27)28(33)23-8-3-2-4-9-23)31-18-14-22(15-19-31)24-10-7-11-26-25(24)13-17-29-26/h5-7,10-14,16-18,21-23,29H,2-4,8-9,15,19-20H2,1H3/t21-,22+/m1/s1. The molecule has 5 heteroatoms. The van der Waals surface area contributed by atoms with Gasteiger partial charge >= 0.3 is 0 Å². The lowest BCUT2D eigenvalue weighted by Gasteiger charge is -2.37. The van der Waals surface area contributed by atoms with E-state index in [0.717, 1.165) is 44.5 Å². The normalized spacial score (nSPS) is 20.2. The first kappa shape index (κ1) is 21.7. The zero-order chi connectivity index (χ0) is 22.6. The molecular weight excluding hydrogens is 408 g/mol. The highest BCUT2D eigenvalue weighted by Gasteiger charge is 2.30. The fourth-order valence-electron chi connectivity index (χ4n) is 5.48. The van der Waals surface area contributed by atoms with Gasteiger partial charge in [-0.1, -0.05) is 43.5 Å². The Morgan fingerprint density at radius 3 is 2.76 bits per heavy atom. The average Bonchev–Trinajstić information content (AvgIpc) is 3.37. The van der Waals surface area contributed by atoms with Crippen molar-refractivity contribution in [1.29, 1.82) is 0 Å². The molecule has 1 N–H and O–H groups in total. The maximum atomic E-state index is 13.5. The first-order valence-corrected chi connectivity index (χ1v) is 12.4. The lowest BCUT2D eigenvalue weighted by atomic mass is 9.88. The summed E-state index contributed by atoms with van der Waals surface area (Å²) in [6, 6.07) is 14.8. The quantitative estimate of drug-likeness (QED) is 0.520. The molecule has 2 atom stereocenters. The van der Waals surface area contributed by atoms with Crippen LogP contribution in [0.2, 0.25) is 0 Å². The number of hydrogen-bond acceptors (Lipinski definition) is 3. The van der Waals surface area contributed by atoms with Crippen molar-refractivity contribution in [2.45, 2.75) is 57.4 Å². The van der Waals surface area contributed by atoms with Crippen LogP contribution in [-0.2, 0) is 4.79 Å². The van der Waals surface area contributed by atoms with E-state index in [2.05, 4.69) is 58.3 Å². The number of aromatic nitrogens is 2. The van der Waals surface area contributed by atoms with Gasteiger partial charge in [0.05, 0.1) is 0 Å². The monoisotopic (exact) mass is 442 g/mol. The Hall–Kier alpha value is -3.08. The van der Waals surface area contributed by atoms with Gasteiger partial charge in [0.25, 0.3) is 0 Å². The molecule has 0 unspecified atom stereocenters. The maximum absolute atomic E-state index is 13.5. The molecule has 1 amide bonds. The topological polar surface area (TPSA) is 52.2 Å². The molecule has 2 aliphatic rings. The van der Waals surface area contributed by atoms with Crippen molar-refractivity contribution in [2.24, 2.45) is 5.92 Å². The van der Waals surface area contributed by atoms with Crippen molar-refractivity contribution >= 4 is 22.6 Å². The molecule has 1 aliphatic heterocycles. The second-order valence-electron chi connectivity index (χ2n) is 9.58. The van der Waals surface area contributed by atoms with Gasteiger partial charge < -0.3 is 9.88 Å². The summed E-state index contributed by atoms with van der Waals surface area (Å²) in [6.07, 6.45) is 15.0. The molecule has 0 radical (unpaired) electrons. The second kappa shape index (κ2) is 9.82. The van der Waals surface area contributed by atoms with Crippen LogP contribution in [0.1, 0.15) is 56.9 Å². The number of hydrogen-bond donors (Lipinski definition) is 1. The van der Waals surface area contributed by atoms with Crippen LogP contribution in [0.4, 0.5) is 5.82 Å². The van der Waals surface area contributed by atoms with Crippen LogP contribution in [0.3, 0.4) is 0 Å². The highest BCUT2D eigenvalue weighted by atomic mass is 16.2. The number of H-pyrrole nitrogens is 1. The smallest absolute Gasteiger partial charge is 0.231 e. The molecule has 5 rings (SSSR count). The Morgan fingerprint density at radius 1 is 1.12 bits per heavy atom. The molecule has 3 heterocycles. The summed E-state index contributed by atoms with van der Waals surface area (Å²) >= 11 is 0. The highest BCUT2D eigenvalue weighted by Crippen LogP contribution is 2.32. The number of anilines is 1. The number of carbonyl (C=O) groups is 1. The third-order valence-electron chi connectivity index (χ3n) is 7.40. The van der Waals surface area contributed by atoms with Gasteiger partial charge in [0.2, 0.25) is 5.91 Å². The fourth-order valence-corrected chi connectivity index (χ4v) is 5.48. The molecule has 33 heavy (non-hydrogen) atoms. The minimum Gasteiger partial charge on any atom is -0.373 e. The largest absolute Gasteiger partial charge is 0.373 e. The summed E-state index contributed by atoms with van der Waals surface area (Å²) in [5.74, 6) is 1.58. The molecule has 172 valence electrons. The van der Waals surface area contributed by atoms with Crippen molar-refractivity contribution in [1.82, 2.24) is 14.9 Å². The summed E-state index contributed by atoms with van der Waals surface area (Å²) in [5, 5.41) is 1.31. The van der Waals surface area contributed by atoms with Gasteiger partial charge in [-0.25, -0.2) is 4.98 Å². The van der Waals surface area contributed by atoms with Gasteiger partial charge in [0.1, 0.15) is 5.82 Å². The third kappa shape index (κ3) is 4.68. The number of pyridine rings is 1. The molecule has 0 spiro atoms. The number of fused-ring (bicyclic) bond motifs is 1. The fraction of sp³-hybridized carbons (Fsp3) is 0.429. The Kier molecular flexibility index (Phi) is 6.47. The van der Waals surface area contributed by atoms with Crippen LogP contribution in [0.25, 0.3) is 10.9 Å². The van der Waals surface area contributed by atoms with E-state index in [4.69, 9.17) is 0 Å². The molecule has 1 saturated carbocycles. The zero-order valence-electron chi connectivity index (χ0n) is 19.5. The number of carbonyl (C=O) groups excluding carboxylic acids is 1. The average molecular weight is 443 g/mol. The SMILES string of the molecule is C[C@H](CN(C(=O)C1CCCCC1)c1ccccn1)N1C=C[C@H](c2cccc3[nH]ccc23)CC1. The summed E-state index contributed by atoms with van der Waals surface area (Å²) in [4.78, 5) is 25.7. The number of aromatic amines is 1. The molecule has 3 aromatic rings. The van der Waals surface area contributed by atoms with Crippen molar-refractivity contribution in [2.75, 3.05) is 18.0 Å². The van der Waals surface area contributed by atoms with Crippen LogP contribution < -0.4 is 4.90 Å². The highest BCUT2D eigenvalue weighted by molar-refractivity contribution is 5.94. The Bertz CT molecular complexity index is 1100. The van der Waals surface area contributed by atoms with E-state index in [1.165, 1.54) is 22.9 Å². The summed E-state index contributed by atoms with van der Waals surface area (Å²) in [5.41, 5.74) is 2.59. The van der Waals surface area contributed by atoms with E-state index in [0.29, 0.717) is 12.5 Å². The van der Waals surface area contributed by atoms with E-state index in [1.807, 2.05) is 29.3 Å². The predicted octanol–water partition coefficient (Wildman–Crippen LogP) is 5.87. The molecule has 5 nitrogen and oxygen atoms in total. The Labute approximate surface area is 196 Å². The number of nitrogens with zero attached hydrogens (tertiary/aromatic N) is 3. The van der Waals surface area contributed by atoms with Gasteiger partial charge in [-0.2, -0.15) is 0 Å². The van der Waals surface area contributed by atoms with Gasteiger partial charge in [-0.3, -0.25) is 9.69 Å². The van der Waals surface area contributed by atoms with Crippen molar-refractivity contribution in [3.05, 3.63) is 72.7 Å². The van der Waals surface area contributed by atoms with E-state index < -0.39 is 0 Å².